The van der Waals surface area contributed by atoms with Crippen LogP contribution in [-0.4, -0.2) is 33.6 Å². The summed E-state index contributed by atoms with van der Waals surface area (Å²) in [7, 11) is -2.67. The molecule has 0 bridgehead atoms. The van der Waals surface area contributed by atoms with Crippen molar-refractivity contribution in [3.63, 3.8) is 0 Å². The van der Waals surface area contributed by atoms with E-state index < -0.39 is 21.5 Å². The van der Waals surface area contributed by atoms with Gasteiger partial charge in [-0.1, -0.05) is 25.4 Å². The van der Waals surface area contributed by atoms with Crippen LogP contribution in [0.5, 0.6) is 0 Å². The van der Waals surface area contributed by atoms with Gasteiger partial charge in [-0.05, 0) is 37.5 Å². The fourth-order valence-electron chi connectivity index (χ4n) is 2.40. The second-order valence-electron chi connectivity index (χ2n) is 6.14. The number of hydrogen-bond acceptors (Lipinski definition) is 5. The summed E-state index contributed by atoms with van der Waals surface area (Å²) in [6.45, 7) is 5.86. The van der Waals surface area contributed by atoms with E-state index in [0.29, 0.717) is 6.42 Å². The van der Waals surface area contributed by atoms with E-state index in [4.69, 9.17) is 17.3 Å². The number of nitrogens with one attached hydrogen (secondary N) is 1. The minimum Gasteiger partial charge on any atom is -0.465 e. The summed E-state index contributed by atoms with van der Waals surface area (Å²) in [5.41, 5.74) is 5.02. The van der Waals surface area contributed by atoms with Crippen molar-refractivity contribution in [3.8, 4) is 0 Å². The Morgan fingerprint density at radius 1 is 1.39 bits per heavy atom. The summed E-state index contributed by atoms with van der Waals surface area (Å²) in [6, 6.07) is 3.86. The highest BCUT2D eigenvalue weighted by Crippen LogP contribution is 2.23. The summed E-state index contributed by atoms with van der Waals surface area (Å²) in [5, 5.41) is 0.131. The van der Waals surface area contributed by atoms with Crippen molar-refractivity contribution in [2.75, 3.05) is 13.7 Å². The van der Waals surface area contributed by atoms with Crippen molar-refractivity contribution >= 4 is 27.6 Å². The maximum absolute atomic E-state index is 12.6. The molecule has 0 amide bonds. The fourth-order valence-corrected chi connectivity index (χ4v) is 4.20. The number of carbonyl (C=O) groups excluding carboxylic acids is 1. The van der Waals surface area contributed by atoms with Crippen LogP contribution in [0.3, 0.4) is 0 Å². The number of carbonyl (C=O) groups is 1. The first kappa shape index (κ1) is 19.9. The topological polar surface area (TPSA) is 98.5 Å². The van der Waals surface area contributed by atoms with Crippen LogP contribution >= 0.6 is 11.6 Å². The maximum atomic E-state index is 12.6. The van der Waals surface area contributed by atoms with Crippen molar-refractivity contribution in [3.05, 3.63) is 28.8 Å². The second kappa shape index (κ2) is 7.61. The molecule has 8 heteroatoms. The normalized spacial score (nSPS) is 14.6. The van der Waals surface area contributed by atoms with Gasteiger partial charge in [0.2, 0.25) is 10.0 Å². The van der Waals surface area contributed by atoms with E-state index in [0.717, 1.165) is 0 Å². The number of sulfonamides is 1. The number of benzene rings is 1. The Labute approximate surface area is 142 Å². The average molecular weight is 363 g/mol. The highest BCUT2D eigenvalue weighted by atomic mass is 35.5. The van der Waals surface area contributed by atoms with Crippen molar-refractivity contribution in [2.24, 2.45) is 11.7 Å². The molecule has 1 aromatic rings. The van der Waals surface area contributed by atoms with Crippen LogP contribution in [0, 0.1) is 5.92 Å². The number of halogens is 1. The molecule has 23 heavy (non-hydrogen) atoms. The van der Waals surface area contributed by atoms with E-state index in [9.17, 15) is 13.2 Å². The van der Waals surface area contributed by atoms with Crippen LogP contribution in [0.1, 0.15) is 37.6 Å². The molecule has 0 heterocycles. The summed E-state index contributed by atoms with van der Waals surface area (Å²) >= 11 is 5.92. The van der Waals surface area contributed by atoms with Crippen LogP contribution in [0.25, 0.3) is 0 Å². The Bertz CT molecular complexity index is 676. The number of nitrogens with two attached hydrogens (primary N) is 1. The molecular formula is C15H23ClN2O4S. The quantitative estimate of drug-likeness (QED) is 0.724. The zero-order chi connectivity index (χ0) is 17.8. The standard InChI is InChI=1S/C15H23ClN2O4S/c1-10(2)8-15(3,9-17)18-23(20,21)13-6-11(14(19)22-4)5-12(16)7-13/h5-7,10,18H,8-9,17H2,1-4H3/t15-/m0/s1. The zero-order valence-corrected chi connectivity index (χ0v) is 15.3. The molecule has 0 aromatic heterocycles. The van der Waals surface area contributed by atoms with Gasteiger partial charge in [0.25, 0.3) is 0 Å². The van der Waals surface area contributed by atoms with Gasteiger partial charge in [-0.2, -0.15) is 0 Å². The van der Waals surface area contributed by atoms with Crippen molar-refractivity contribution < 1.29 is 17.9 Å². The molecule has 0 saturated heterocycles. The molecule has 0 fully saturated rings. The molecule has 0 unspecified atom stereocenters. The molecule has 130 valence electrons. The molecule has 6 nitrogen and oxygen atoms in total. The lowest BCUT2D eigenvalue weighted by Gasteiger charge is -2.30. The summed E-state index contributed by atoms with van der Waals surface area (Å²) in [6.07, 6.45) is 0.577. The summed E-state index contributed by atoms with van der Waals surface area (Å²) < 4.78 is 32.5. The lowest BCUT2D eigenvalue weighted by atomic mass is 9.92. The Balaban J connectivity index is 3.23. The Morgan fingerprint density at radius 3 is 2.48 bits per heavy atom. The Kier molecular flexibility index (Phi) is 6.59. The van der Waals surface area contributed by atoms with Gasteiger partial charge >= 0.3 is 5.97 Å². The van der Waals surface area contributed by atoms with Crippen molar-refractivity contribution in [2.45, 2.75) is 37.6 Å². The highest BCUT2D eigenvalue weighted by Gasteiger charge is 2.30. The summed E-state index contributed by atoms with van der Waals surface area (Å²) in [4.78, 5) is 11.5. The first-order valence-electron chi connectivity index (χ1n) is 7.16. The molecule has 0 radical (unpaired) electrons. The van der Waals surface area contributed by atoms with E-state index >= 15 is 0 Å². The van der Waals surface area contributed by atoms with Gasteiger partial charge in [0, 0.05) is 17.1 Å². The van der Waals surface area contributed by atoms with Crippen LogP contribution in [0.15, 0.2) is 23.1 Å². The molecule has 1 rings (SSSR count). The molecule has 0 spiro atoms. The predicted octanol–water partition coefficient (Wildman–Crippen LogP) is 2.17. The third-order valence-electron chi connectivity index (χ3n) is 3.29. The number of rotatable bonds is 7. The van der Waals surface area contributed by atoms with Crippen molar-refractivity contribution in [1.82, 2.24) is 4.72 Å². The van der Waals surface area contributed by atoms with Gasteiger partial charge in [0.1, 0.15) is 0 Å². The molecule has 1 aromatic carbocycles. The number of ether oxygens (including phenoxy) is 1. The fraction of sp³-hybridized carbons (Fsp3) is 0.533. The minimum atomic E-state index is -3.88. The van der Waals surface area contributed by atoms with Crippen LogP contribution < -0.4 is 10.5 Å². The molecule has 0 aliphatic carbocycles. The SMILES string of the molecule is COC(=O)c1cc(Cl)cc(S(=O)(=O)N[C@](C)(CN)CC(C)C)c1. The van der Waals surface area contributed by atoms with Crippen LogP contribution in [-0.2, 0) is 14.8 Å². The minimum absolute atomic E-state index is 0.0682. The first-order valence-corrected chi connectivity index (χ1v) is 9.02. The van der Waals surface area contributed by atoms with Gasteiger partial charge in [0.15, 0.2) is 0 Å². The van der Waals surface area contributed by atoms with E-state index in [-0.39, 0.29) is 27.9 Å². The Morgan fingerprint density at radius 2 is 2.00 bits per heavy atom. The van der Waals surface area contributed by atoms with E-state index in [1.807, 2.05) is 13.8 Å². The predicted molar refractivity (Wildman–Crippen MR) is 90.0 cm³/mol. The zero-order valence-electron chi connectivity index (χ0n) is 13.7. The third kappa shape index (κ3) is 5.46. The Hall–Kier alpha value is -1.15. The molecule has 0 saturated carbocycles. The van der Waals surface area contributed by atoms with Crippen molar-refractivity contribution in [1.29, 1.82) is 0 Å². The summed E-state index contributed by atoms with van der Waals surface area (Å²) in [5.74, 6) is -0.399. The maximum Gasteiger partial charge on any atom is 0.337 e. The average Bonchev–Trinajstić information content (AvgIpc) is 2.44. The molecule has 3 N–H and O–H groups in total. The molecule has 1 atom stereocenters. The largest absolute Gasteiger partial charge is 0.465 e. The lowest BCUT2D eigenvalue weighted by Crippen LogP contribution is -2.52. The van der Waals surface area contributed by atoms with Gasteiger partial charge in [-0.3, -0.25) is 0 Å². The van der Waals surface area contributed by atoms with Gasteiger partial charge in [-0.25, -0.2) is 17.9 Å². The van der Waals surface area contributed by atoms with Crippen LogP contribution in [0.2, 0.25) is 5.02 Å². The number of hydrogen-bond donors (Lipinski definition) is 2. The monoisotopic (exact) mass is 362 g/mol. The van der Waals surface area contributed by atoms with E-state index in [2.05, 4.69) is 9.46 Å². The molecular weight excluding hydrogens is 340 g/mol. The molecule has 0 aliphatic rings. The number of methoxy groups -OCH3 is 1. The first-order chi connectivity index (χ1) is 10.5. The lowest BCUT2D eigenvalue weighted by molar-refractivity contribution is 0.0600. The van der Waals surface area contributed by atoms with E-state index in [1.54, 1.807) is 6.92 Å². The highest BCUT2D eigenvalue weighted by molar-refractivity contribution is 7.89. The van der Waals surface area contributed by atoms with E-state index in [1.165, 1.54) is 25.3 Å². The molecule has 0 aliphatic heterocycles. The number of esters is 1. The van der Waals surface area contributed by atoms with Crippen LogP contribution in [0.4, 0.5) is 0 Å². The van der Waals surface area contributed by atoms with Gasteiger partial charge in [0.05, 0.1) is 17.6 Å². The van der Waals surface area contributed by atoms with Gasteiger partial charge in [-0.15, -0.1) is 0 Å². The second-order valence-corrected chi connectivity index (χ2v) is 8.25. The van der Waals surface area contributed by atoms with Gasteiger partial charge < -0.3 is 10.5 Å². The third-order valence-corrected chi connectivity index (χ3v) is 5.13. The smallest absolute Gasteiger partial charge is 0.337 e.